The number of hydrogen-bond acceptors (Lipinski definition) is 5. The van der Waals surface area contributed by atoms with Crippen LogP contribution in [0, 0.1) is 5.92 Å². The van der Waals surface area contributed by atoms with Gasteiger partial charge in [-0.1, -0.05) is 44.4 Å². The highest BCUT2D eigenvalue weighted by molar-refractivity contribution is 7.13. The van der Waals surface area contributed by atoms with Crippen LogP contribution < -0.4 is 10.1 Å². The lowest BCUT2D eigenvalue weighted by Crippen LogP contribution is -2.21. The van der Waals surface area contributed by atoms with Gasteiger partial charge < -0.3 is 10.1 Å². The zero-order valence-corrected chi connectivity index (χ0v) is 11.4. The van der Waals surface area contributed by atoms with Crippen LogP contribution in [0.2, 0.25) is 0 Å². The molecule has 0 aliphatic heterocycles. The predicted octanol–water partition coefficient (Wildman–Crippen LogP) is 2.61. The first-order valence-corrected chi connectivity index (χ1v) is 7.24. The van der Waals surface area contributed by atoms with Crippen LogP contribution in [0.1, 0.15) is 44.5 Å². The summed E-state index contributed by atoms with van der Waals surface area (Å²) in [5.41, 5.74) is 0. The van der Waals surface area contributed by atoms with E-state index in [1.807, 2.05) is 0 Å². The lowest BCUT2D eigenvalue weighted by atomic mass is 9.83. The van der Waals surface area contributed by atoms with Gasteiger partial charge in [0.25, 0.3) is 5.19 Å². The van der Waals surface area contributed by atoms with Crippen molar-refractivity contribution in [2.75, 3.05) is 6.61 Å². The summed E-state index contributed by atoms with van der Waals surface area (Å²) in [5.74, 6) is 0.894. The SMILES string of the molecule is CC(C)NCc1nnc(OCCC2CCC2)s1. The van der Waals surface area contributed by atoms with Gasteiger partial charge in [-0.15, -0.1) is 10.2 Å². The first kappa shape index (κ1) is 12.8. The van der Waals surface area contributed by atoms with E-state index in [0.717, 1.165) is 24.1 Å². The van der Waals surface area contributed by atoms with Crippen molar-refractivity contribution >= 4 is 11.3 Å². The third-order valence-electron chi connectivity index (χ3n) is 3.09. The van der Waals surface area contributed by atoms with Crippen LogP contribution in [0.15, 0.2) is 0 Å². The third-order valence-corrected chi connectivity index (χ3v) is 3.92. The average molecular weight is 255 g/mol. The maximum Gasteiger partial charge on any atom is 0.294 e. The Morgan fingerprint density at radius 1 is 1.41 bits per heavy atom. The van der Waals surface area contributed by atoms with Gasteiger partial charge in [-0.3, -0.25) is 0 Å². The number of ether oxygens (including phenoxy) is 1. The third kappa shape index (κ3) is 4.24. The Morgan fingerprint density at radius 3 is 2.88 bits per heavy atom. The summed E-state index contributed by atoms with van der Waals surface area (Å²) in [5, 5.41) is 13.2. The summed E-state index contributed by atoms with van der Waals surface area (Å²) in [6, 6.07) is 0.474. The van der Waals surface area contributed by atoms with Crippen LogP contribution in [-0.4, -0.2) is 22.8 Å². The number of rotatable bonds is 7. The Morgan fingerprint density at radius 2 is 2.24 bits per heavy atom. The fourth-order valence-corrected chi connectivity index (χ4v) is 2.42. The summed E-state index contributed by atoms with van der Waals surface area (Å²) >= 11 is 1.55. The van der Waals surface area contributed by atoms with E-state index < -0.39 is 0 Å². The zero-order chi connectivity index (χ0) is 12.1. The van der Waals surface area contributed by atoms with Crippen LogP contribution in [0.25, 0.3) is 0 Å². The van der Waals surface area contributed by atoms with E-state index in [2.05, 4.69) is 29.4 Å². The molecule has 4 nitrogen and oxygen atoms in total. The lowest BCUT2D eigenvalue weighted by Gasteiger charge is -2.24. The molecule has 1 saturated carbocycles. The largest absolute Gasteiger partial charge is 0.469 e. The van der Waals surface area contributed by atoms with Gasteiger partial charge in [0.2, 0.25) is 0 Å². The summed E-state index contributed by atoms with van der Waals surface area (Å²) in [4.78, 5) is 0. The molecule has 0 spiro atoms. The first-order valence-electron chi connectivity index (χ1n) is 6.42. The number of aromatic nitrogens is 2. The second-order valence-corrected chi connectivity index (χ2v) is 5.96. The van der Waals surface area contributed by atoms with Gasteiger partial charge in [0.15, 0.2) is 0 Å². The fraction of sp³-hybridized carbons (Fsp3) is 0.833. The van der Waals surface area contributed by atoms with Crippen molar-refractivity contribution in [2.24, 2.45) is 5.92 Å². The van der Waals surface area contributed by atoms with Gasteiger partial charge in [0.05, 0.1) is 13.2 Å². The van der Waals surface area contributed by atoms with Gasteiger partial charge in [0, 0.05) is 6.04 Å². The van der Waals surface area contributed by atoms with Crippen LogP contribution in [0.3, 0.4) is 0 Å². The molecule has 0 amide bonds. The maximum absolute atomic E-state index is 5.62. The molecule has 2 rings (SSSR count). The Labute approximate surface area is 107 Å². The smallest absolute Gasteiger partial charge is 0.294 e. The first-order chi connectivity index (χ1) is 8.24. The Hall–Kier alpha value is -0.680. The van der Waals surface area contributed by atoms with E-state index in [1.54, 1.807) is 11.3 Å². The summed E-state index contributed by atoms with van der Waals surface area (Å²) in [6.45, 7) is 5.81. The molecule has 0 radical (unpaired) electrons. The molecule has 0 unspecified atom stereocenters. The van der Waals surface area contributed by atoms with Gasteiger partial charge in [-0.2, -0.15) is 0 Å². The molecule has 0 bridgehead atoms. The van der Waals surface area contributed by atoms with Crippen molar-refractivity contribution < 1.29 is 4.74 Å². The van der Waals surface area contributed by atoms with Crippen molar-refractivity contribution in [3.05, 3.63) is 5.01 Å². The fourth-order valence-electron chi connectivity index (χ4n) is 1.75. The molecule has 0 saturated heterocycles. The van der Waals surface area contributed by atoms with E-state index >= 15 is 0 Å². The standard InChI is InChI=1S/C12H21N3OS/c1-9(2)13-8-11-14-15-12(17-11)16-7-6-10-4-3-5-10/h9-10,13H,3-8H2,1-2H3. The molecule has 1 aliphatic rings. The molecule has 1 aromatic heterocycles. The van der Waals surface area contributed by atoms with E-state index in [-0.39, 0.29) is 0 Å². The van der Waals surface area contributed by atoms with Gasteiger partial charge in [-0.25, -0.2) is 0 Å². The lowest BCUT2D eigenvalue weighted by molar-refractivity contribution is 0.220. The molecule has 17 heavy (non-hydrogen) atoms. The second kappa shape index (κ2) is 6.31. The highest BCUT2D eigenvalue weighted by Crippen LogP contribution is 2.29. The van der Waals surface area contributed by atoms with E-state index in [9.17, 15) is 0 Å². The number of hydrogen-bond donors (Lipinski definition) is 1. The topological polar surface area (TPSA) is 47.0 Å². The van der Waals surface area contributed by atoms with E-state index in [4.69, 9.17) is 4.74 Å². The minimum absolute atomic E-state index is 0.474. The van der Waals surface area contributed by atoms with Crippen molar-refractivity contribution in [1.82, 2.24) is 15.5 Å². The highest BCUT2D eigenvalue weighted by atomic mass is 32.1. The van der Waals surface area contributed by atoms with Crippen LogP contribution in [0.5, 0.6) is 5.19 Å². The monoisotopic (exact) mass is 255 g/mol. The molecule has 1 N–H and O–H groups in total. The number of nitrogens with zero attached hydrogens (tertiary/aromatic N) is 2. The zero-order valence-electron chi connectivity index (χ0n) is 10.6. The molecule has 96 valence electrons. The Kier molecular flexibility index (Phi) is 4.74. The van der Waals surface area contributed by atoms with E-state index in [1.165, 1.54) is 25.7 Å². The van der Waals surface area contributed by atoms with Crippen molar-refractivity contribution in [3.8, 4) is 5.19 Å². The minimum atomic E-state index is 0.474. The predicted molar refractivity (Wildman–Crippen MR) is 69.3 cm³/mol. The Balaban J connectivity index is 1.66. The van der Waals surface area contributed by atoms with Crippen LogP contribution in [-0.2, 0) is 6.54 Å². The maximum atomic E-state index is 5.62. The van der Waals surface area contributed by atoms with Crippen LogP contribution >= 0.6 is 11.3 Å². The minimum Gasteiger partial charge on any atom is -0.469 e. The average Bonchev–Trinajstić information content (AvgIpc) is 2.67. The molecule has 1 aromatic rings. The highest BCUT2D eigenvalue weighted by Gasteiger charge is 2.17. The summed E-state index contributed by atoms with van der Waals surface area (Å²) in [6.07, 6.45) is 5.32. The van der Waals surface area contributed by atoms with Gasteiger partial charge in [0.1, 0.15) is 5.01 Å². The van der Waals surface area contributed by atoms with Crippen molar-refractivity contribution in [3.63, 3.8) is 0 Å². The number of nitrogens with one attached hydrogen (secondary N) is 1. The Bertz CT molecular complexity index is 336. The van der Waals surface area contributed by atoms with Crippen LogP contribution in [0.4, 0.5) is 0 Å². The molecule has 1 fully saturated rings. The molecular weight excluding hydrogens is 234 g/mol. The summed E-state index contributed by atoms with van der Waals surface area (Å²) in [7, 11) is 0. The second-order valence-electron chi connectivity index (χ2n) is 4.93. The summed E-state index contributed by atoms with van der Waals surface area (Å²) < 4.78 is 5.62. The molecular formula is C12H21N3OS. The molecule has 5 heteroatoms. The molecule has 0 aromatic carbocycles. The molecule has 0 atom stereocenters. The van der Waals surface area contributed by atoms with Gasteiger partial charge in [-0.05, 0) is 12.3 Å². The van der Waals surface area contributed by atoms with Crippen molar-refractivity contribution in [1.29, 1.82) is 0 Å². The van der Waals surface area contributed by atoms with E-state index in [0.29, 0.717) is 11.2 Å². The molecule has 1 aliphatic carbocycles. The normalized spacial score (nSPS) is 16.2. The molecule has 1 heterocycles. The quantitative estimate of drug-likeness (QED) is 0.813. The van der Waals surface area contributed by atoms with Crippen molar-refractivity contribution in [2.45, 2.75) is 52.1 Å². The van der Waals surface area contributed by atoms with Gasteiger partial charge >= 0.3 is 0 Å².